The summed E-state index contributed by atoms with van der Waals surface area (Å²) in [5.74, 6) is 0. The fourth-order valence-corrected chi connectivity index (χ4v) is 2.01. The number of hydrogen-bond acceptors (Lipinski definition) is 3. The van der Waals surface area contributed by atoms with Crippen LogP contribution in [0, 0.1) is 0 Å². The van der Waals surface area contributed by atoms with Gasteiger partial charge in [-0.2, -0.15) is 0 Å². The number of rotatable bonds is 0. The van der Waals surface area contributed by atoms with Gasteiger partial charge in [0.2, 0.25) is 0 Å². The number of hydrogen-bond donors (Lipinski definition) is 3. The second kappa shape index (κ2) is 9.13. The van der Waals surface area contributed by atoms with Crippen molar-refractivity contribution in [2.45, 2.75) is 52.6 Å². The van der Waals surface area contributed by atoms with E-state index < -0.39 is 0 Å². The van der Waals surface area contributed by atoms with E-state index in [0.29, 0.717) is 0 Å². The maximum absolute atomic E-state index is 3.56. The second-order valence-corrected chi connectivity index (χ2v) is 3.57. The van der Waals surface area contributed by atoms with Crippen molar-refractivity contribution in [1.82, 2.24) is 16.0 Å². The second-order valence-electron chi connectivity index (χ2n) is 3.57. The molecule has 1 spiro atoms. The van der Waals surface area contributed by atoms with Gasteiger partial charge in [0.05, 0.1) is 5.66 Å². The Kier molecular flexibility index (Phi) is 9.06. The van der Waals surface area contributed by atoms with E-state index in [1.807, 2.05) is 27.7 Å². The molecule has 0 atom stereocenters. The van der Waals surface area contributed by atoms with Gasteiger partial charge in [0.15, 0.2) is 0 Å². The predicted octanol–water partition coefficient (Wildman–Crippen LogP) is 1.70. The molecule has 15 heavy (non-hydrogen) atoms. The SMILES string of the molecule is C1CNC2(CCCNC2)NC1.CC.CC. The van der Waals surface area contributed by atoms with Crippen LogP contribution in [0.25, 0.3) is 0 Å². The van der Waals surface area contributed by atoms with Crippen molar-refractivity contribution >= 4 is 0 Å². The Morgan fingerprint density at radius 2 is 1.40 bits per heavy atom. The Morgan fingerprint density at radius 1 is 0.800 bits per heavy atom. The van der Waals surface area contributed by atoms with Crippen LogP contribution in [0.15, 0.2) is 0 Å². The van der Waals surface area contributed by atoms with E-state index >= 15 is 0 Å². The van der Waals surface area contributed by atoms with Crippen molar-refractivity contribution in [2.24, 2.45) is 0 Å². The van der Waals surface area contributed by atoms with Crippen LogP contribution in [0.3, 0.4) is 0 Å². The van der Waals surface area contributed by atoms with Crippen LogP contribution >= 0.6 is 0 Å². The van der Waals surface area contributed by atoms with Crippen LogP contribution in [-0.2, 0) is 0 Å². The summed E-state index contributed by atoms with van der Waals surface area (Å²) < 4.78 is 0. The van der Waals surface area contributed by atoms with Crippen LogP contribution in [0.5, 0.6) is 0 Å². The Bertz CT molecular complexity index is 105. The molecule has 0 saturated carbocycles. The maximum atomic E-state index is 3.56. The van der Waals surface area contributed by atoms with Gasteiger partial charge >= 0.3 is 0 Å². The zero-order valence-corrected chi connectivity index (χ0v) is 10.9. The van der Waals surface area contributed by atoms with Gasteiger partial charge in [-0.3, -0.25) is 10.6 Å². The normalized spacial score (nSPS) is 23.2. The summed E-state index contributed by atoms with van der Waals surface area (Å²) in [4.78, 5) is 0. The topological polar surface area (TPSA) is 36.1 Å². The molecule has 0 bridgehead atoms. The molecule has 0 aliphatic carbocycles. The lowest BCUT2D eigenvalue weighted by molar-refractivity contribution is 0.172. The molecule has 0 unspecified atom stereocenters. The van der Waals surface area contributed by atoms with E-state index in [4.69, 9.17) is 0 Å². The number of piperidine rings is 1. The predicted molar refractivity (Wildman–Crippen MR) is 68.2 cm³/mol. The Labute approximate surface area is 95.4 Å². The highest BCUT2D eigenvalue weighted by Crippen LogP contribution is 2.14. The zero-order chi connectivity index (χ0) is 11.6. The third kappa shape index (κ3) is 4.96. The van der Waals surface area contributed by atoms with Crippen molar-refractivity contribution in [1.29, 1.82) is 0 Å². The fraction of sp³-hybridized carbons (Fsp3) is 1.00. The highest BCUT2D eigenvalue weighted by molar-refractivity contribution is 4.93. The molecule has 2 heterocycles. The average molecular weight is 215 g/mol. The lowest BCUT2D eigenvalue weighted by Gasteiger charge is -2.42. The molecule has 2 aliphatic heterocycles. The van der Waals surface area contributed by atoms with Crippen LogP contribution in [0.2, 0.25) is 0 Å². The van der Waals surface area contributed by atoms with E-state index in [1.54, 1.807) is 0 Å². The highest BCUT2D eigenvalue weighted by atomic mass is 15.2. The summed E-state index contributed by atoms with van der Waals surface area (Å²) in [5, 5.41) is 10.5. The van der Waals surface area contributed by atoms with Crippen LogP contribution in [-0.4, -0.2) is 31.8 Å². The van der Waals surface area contributed by atoms with Crippen molar-refractivity contribution in [3.63, 3.8) is 0 Å². The van der Waals surface area contributed by atoms with Gasteiger partial charge in [-0.25, -0.2) is 0 Å². The third-order valence-corrected chi connectivity index (χ3v) is 2.66. The van der Waals surface area contributed by atoms with E-state index in [0.717, 1.165) is 6.54 Å². The minimum Gasteiger partial charge on any atom is -0.314 e. The fourth-order valence-electron chi connectivity index (χ4n) is 2.01. The first kappa shape index (κ1) is 14.9. The van der Waals surface area contributed by atoms with Gasteiger partial charge in [0, 0.05) is 6.54 Å². The van der Waals surface area contributed by atoms with Crippen LogP contribution in [0.4, 0.5) is 0 Å². The first-order chi connectivity index (χ1) is 7.41. The van der Waals surface area contributed by atoms with E-state index in [9.17, 15) is 0 Å². The van der Waals surface area contributed by atoms with Gasteiger partial charge in [-0.15, -0.1) is 0 Å². The van der Waals surface area contributed by atoms with Crippen molar-refractivity contribution in [3.05, 3.63) is 0 Å². The van der Waals surface area contributed by atoms with Gasteiger partial charge in [0.1, 0.15) is 0 Å². The Balaban J connectivity index is 0.000000442. The van der Waals surface area contributed by atoms with Crippen molar-refractivity contribution in [2.75, 3.05) is 26.2 Å². The molecule has 2 saturated heterocycles. The summed E-state index contributed by atoms with van der Waals surface area (Å²) in [7, 11) is 0. The molecule has 0 amide bonds. The first-order valence-electron chi connectivity index (χ1n) is 6.62. The zero-order valence-electron chi connectivity index (χ0n) is 10.9. The summed E-state index contributed by atoms with van der Waals surface area (Å²) in [5.41, 5.74) is 0.247. The summed E-state index contributed by atoms with van der Waals surface area (Å²) in [6.07, 6.45) is 3.84. The van der Waals surface area contributed by atoms with E-state index in [1.165, 1.54) is 38.9 Å². The minimum absolute atomic E-state index is 0.247. The molecule has 0 radical (unpaired) electrons. The lowest BCUT2D eigenvalue weighted by atomic mass is 9.97. The number of nitrogens with one attached hydrogen (secondary N) is 3. The van der Waals surface area contributed by atoms with Crippen molar-refractivity contribution in [3.8, 4) is 0 Å². The Morgan fingerprint density at radius 3 is 1.87 bits per heavy atom. The molecule has 3 N–H and O–H groups in total. The molecule has 2 rings (SSSR count). The quantitative estimate of drug-likeness (QED) is 0.576. The third-order valence-electron chi connectivity index (χ3n) is 2.66. The molecule has 2 aliphatic rings. The summed E-state index contributed by atoms with van der Waals surface area (Å²) in [6, 6.07) is 0. The molecule has 3 heteroatoms. The molecule has 2 fully saturated rings. The molecule has 3 nitrogen and oxygen atoms in total. The van der Waals surface area contributed by atoms with E-state index in [2.05, 4.69) is 16.0 Å². The van der Waals surface area contributed by atoms with Gasteiger partial charge in [0.25, 0.3) is 0 Å². The molecular weight excluding hydrogens is 186 g/mol. The Hall–Kier alpha value is -0.120. The average Bonchev–Trinajstić information content (AvgIpc) is 2.36. The van der Waals surface area contributed by atoms with Gasteiger partial charge in [-0.05, 0) is 38.9 Å². The minimum atomic E-state index is 0.247. The smallest absolute Gasteiger partial charge is 0.0815 e. The molecule has 0 aromatic heterocycles. The van der Waals surface area contributed by atoms with Gasteiger partial charge < -0.3 is 5.32 Å². The monoisotopic (exact) mass is 215 g/mol. The summed E-state index contributed by atoms with van der Waals surface area (Å²) in [6.45, 7) is 12.6. The van der Waals surface area contributed by atoms with Crippen LogP contribution in [0.1, 0.15) is 47.0 Å². The summed E-state index contributed by atoms with van der Waals surface area (Å²) >= 11 is 0. The molecular formula is C12H29N3. The maximum Gasteiger partial charge on any atom is 0.0815 e. The lowest BCUT2D eigenvalue weighted by Crippen LogP contribution is -2.67. The molecule has 0 aromatic carbocycles. The van der Waals surface area contributed by atoms with Gasteiger partial charge in [-0.1, -0.05) is 27.7 Å². The molecule has 92 valence electrons. The largest absolute Gasteiger partial charge is 0.314 e. The van der Waals surface area contributed by atoms with E-state index in [-0.39, 0.29) is 5.66 Å². The molecule has 0 aromatic rings. The first-order valence-corrected chi connectivity index (χ1v) is 6.62. The highest BCUT2D eigenvalue weighted by Gasteiger charge is 2.32. The standard InChI is InChI=1S/C8H17N3.2C2H6/c1-3-8(7-9-4-1)10-5-2-6-11-8;2*1-2/h9-11H,1-7H2;2*1-2H3. The van der Waals surface area contributed by atoms with Crippen LogP contribution < -0.4 is 16.0 Å². The van der Waals surface area contributed by atoms with Crippen molar-refractivity contribution < 1.29 is 0 Å².